The number of benzene rings is 2. The van der Waals surface area contributed by atoms with Crippen molar-refractivity contribution in [1.82, 2.24) is 20.2 Å². The van der Waals surface area contributed by atoms with Crippen LogP contribution in [-0.2, 0) is 0 Å². The van der Waals surface area contributed by atoms with Gasteiger partial charge >= 0.3 is 0 Å². The summed E-state index contributed by atoms with van der Waals surface area (Å²) >= 11 is 5.68. The average Bonchev–Trinajstić information content (AvgIpc) is 2.83. The molecule has 2 aromatic carbocycles. The standard InChI is InChI=1S/C23H27N5O2S/c1-16(17-7-5-4-6-8-17)26-23(31)28-11-9-27(10-12-28)22-18-13-20(29-2)21(30-3)14-19(18)24-15-25-22/h4-8,13-16H,9-12H2,1-3H3,(H,26,31)/t16-/m0/s1. The molecule has 1 aromatic heterocycles. The van der Waals surface area contributed by atoms with E-state index >= 15 is 0 Å². The molecule has 0 saturated carbocycles. The van der Waals surface area contributed by atoms with Crippen molar-refractivity contribution in [1.29, 1.82) is 0 Å². The third-order valence-electron chi connectivity index (χ3n) is 5.63. The minimum Gasteiger partial charge on any atom is -0.493 e. The molecule has 0 bridgehead atoms. The highest BCUT2D eigenvalue weighted by atomic mass is 32.1. The summed E-state index contributed by atoms with van der Waals surface area (Å²) in [6.45, 7) is 5.43. The lowest BCUT2D eigenvalue weighted by atomic mass is 10.1. The molecule has 2 heterocycles. The Labute approximate surface area is 188 Å². The van der Waals surface area contributed by atoms with Crippen LogP contribution >= 0.6 is 12.2 Å². The number of hydrogen-bond acceptors (Lipinski definition) is 6. The molecule has 4 rings (SSSR count). The molecule has 0 radical (unpaired) electrons. The van der Waals surface area contributed by atoms with Gasteiger partial charge in [0.05, 0.1) is 25.8 Å². The molecule has 1 saturated heterocycles. The molecular formula is C23H27N5O2S. The van der Waals surface area contributed by atoms with Crippen LogP contribution in [0.2, 0.25) is 0 Å². The topological polar surface area (TPSA) is 62.8 Å². The molecule has 0 spiro atoms. The number of nitrogens with one attached hydrogen (secondary N) is 1. The number of thiocarbonyl (C=S) groups is 1. The second-order valence-corrected chi connectivity index (χ2v) is 7.86. The maximum Gasteiger partial charge on any atom is 0.169 e. The summed E-state index contributed by atoms with van der Waals surface area (Å²) in [5.74, 6) is 2.24. The normalized spacial score (nSPS) is 14.9. The number of ether oxygens (including phenoxy) is 2. The number of rotatable bonds is 5. The fourth-order valence-electron chi connectivity index (χ4n) is 3.84. The molecule has 1 fully saturated rings. The molecule has 1 atom stereocenters. The zero-order chi connectivity index (χ0) is 21.8. The molecular weight excluding hydrogens is 410 g/mol. The van der Waals surface area contributed by atoms with Crippen LogP contribution < -0.4 is 19.7 Å². The van der Waals surface area contributed by atoms with Crippen LogP contribution in [0.5, 0.6) is 11.5 Å². The number of aromatic nitrogens is 2. The van der Waals surface area contributed by atoms with E-state index in [1.165, 1.54) is 5.56 Å². The van der Waals surface area contributed by atoms with Crippen molar-refractivity contribution < 1.29 is 9.47 Å². The first kappa shape index (κ1) is 21.1. The maximum atomic E-state index is 5.68. The summed E-state index contributed by atoms with van der Waals surface area (Å²) in [5.41, 5.74) is 2.05. The van der Waals surface area contributed by atoms with E-state index < -0.39 is 0 Å². The van der Waals surface area contributed by atoms with Crippen LogP contribution in [0.1, 0.15) is 18.5 Å². The monoisotopic (exact) mass is 437 g/mol. The lowest BCUT2D eigenvalue weighted by molar-refractivity contribution is 0.355. The smallest absolute Gasteiger partial charge is 0.169 e. The molecule has 31 heavy (non-hydrogen) atoms. The van der Waals surface area contributed by atoms with Gasteiger partial charge in [-0.15, -0.1) is 0 Å². The van der Waals surface area contributed by atoms with Gasteiger partial charge in [0.15, 0.2) is 16.6 Å². The summed E-state index contributed by atoms with van der Waals surface area (Å²) in [6.07, 6.45) is 1.60. The summed E-state index contributed by atoms with van der Waals surface area (Å²) < 4.78 is 10.9. The SMILES string of the molecule is COc1cc2ncnc(N3CCN(C(=S)N[C@@H](C)c4ccccc4)CC3)c2cc1OC. The quantitative estimate of drug-likeness (QED) is 0.610. The van der Waals surface area contributed by atoms with E-state index in [-0.39, 0.29) is 6.04 Å². The van der Waals surface area contributed by atoms with Gasteiger partial charge in [0.2, 0.25) is 0 Å². The minimum atomic E-state index is 0.167. The largest absolute Gasteiger partial charge is 0.493 e. The minimum absolute atomic E-state index is 0.167. The van der Waals surface area contributed by atoms with Gasteiger partial charge in [-0.05, 0) is 30.8 Å². The highest BCUT2D eigenvalue weighted by molar-refractivity contribution is 7.80. The average molecular weight is 438 g/mol. The first-order chi connectivity index (χ1) is 15.1. The summed E-state index contributed by atoms with van der Waals surface area (Å²) in [5, 5.41) is 5.20. The van der Waals surface area contributed by atoms with Gasteiger partial charge in [0.1, 0.15) is 12.1 Å². The van der Waals surface area contributed by atoms with Gasteiger partial charge in [-0.1, -0.05) is 30.3 Å². The second kappa shape index (κ2) is 9.34. The van der Waals surface area contributed by atoms with Gasteiger partial charge in [0, 0.05) is 37.6 Å². The van der Waals surface area contributed by atoms with Crippen LogP contribution in [0.3, 0.4) is 0 Å². The summed E-state index contributed by atoms with van der Waals surface area (Å²) in [4.78, 5) is 13.5. The van der Waals surface area contributed by atoms with Gasteiger partial charge in [-0.3, -0.25) is 0 Å². The van der Waals surface area contributed by atoms with E-state index in [2.05, 4.69) is 44.1 Å². The van der Waals surface area contributed by atoms with Crippen molar-refractivity contribution in [3.63, 3.8) is 0 Å². The maximum absolute atomic E-state index is 5.68. The van der Waals surface area contributed by atoms with Crippen molar-refractivity contribution >= 4 is 34.1 Å². The molecule has 162 valence electrons. The Morgan fingerprint density at radius 2 is 1.68 bits per heavy atom. The van der Waals surface area contributed by atoms with E-state index in [9.17, 15) is 0 Å². The van der Waals surface area contributed by atoms with E-state index in [4.69, 9.17) is 21.7 Å². The number of fused-ring (bicyclic) bond motifs is 1. The Balaban J connectivity index is 1.45. The second-order valence-electron chi connectivity index (χ2n) is 7.48. The summed E-state index contributed by atoms with van der Waals surface area (Å²) in [7, 11) is 3.26. The van der Waals surface area contributed by atoms with Crippen LogP contribution in [0.25, 0.3) is 10.9 Å². The predicted octanol–water partition coefficient (Wildman–Crippen LogP) is 3.40. The highest BCUT2D eigenvalue weighted by Crippen LogP contribution is 2.34. The Bertz CT molecular complexity index is 1050. The van der Waals surface area contributed by atoms with Crippen molar-refractivity contribution in [3.05, 3.63) is 54.4 Å². The number of nitrogens with zero attached hydrogens (tertiary/aromatic N) is 4. The van der Waals surface area contributed by atoms with E-state index in [1.54, 1.807) is 20.5 Å². The Morgan fingerprint density at radius 1 is 1.00 bits per heavy atom. The van der Waals surface area contributed by atoms with Crippen LogP contribution in [-0.4, -0.2) is 60.4 Å². The fourth-order valence-corrected chi connectivity index (χ4v) is 4.20. The summed E-state index contributed by atoms with van der Waals surface area (Å²) in [6, 6.07) is 14.3. The molecule has 8 heteroatoms. The third-order valence-corrected chi connectivity index (χ3v) is 6.00. The van der Waals surface area contributed by atoms with Crippen LogP contribution in [0.15, 0.2) is 48.8 Å². The first-order valence-corrected chi connectivity index (χ1v) is 10.7. The third kappa shape index (κ3) is 4.49. The molecule has 7 nitrogen and oxygen atoms in total. The van der Waals surface area contributed by atoms with Crippen molar-refractivity contribution in [3.8, 4) is 11.5 Å². The number of anilines is 1. The van der Waals surface area contributed by atoms with Crippen molar-refractivity contribution in [2.75, 3.05) is 45.3 Å². The molecule has 1 aliphatic rings. The lowest BCUT2D eigenvalue weighted by Gasteiger charge is -2.37. The fraction of sp³-hybridized carbons (Fsp3) is 0.348. The highest BCUT2D eigenvalue weighted by Gasteiger charge is 2.23. The van der Waals surface area contributed by atoms with E-state index in [1.807, 2.05) is 30.3 Å². The molecule has 3 aromatic rings. The predicted molar refractivity (Wildman–Crippen MR) is 127 cm³/mol. The van der Waals surface area contributed by atoms with Crippen LogP contribution in [0.4, 0.5) is 5.82 Å². The first-order valence-electron chi connectivity index (χ1n) is 10.3. The van der Waals surface area contributed by atoms with Gasteiger partial charge in [-0.25, -0.2) is 9.97 Å². The van der Waals surface area contributed by atoms with Gasteiger partial charge in [0.25, 0.3) is 0 Å². The number of hydrogen-bond donors (Lipinski definition) is 1. The van der Waals surface area contributed by atoms with Crippen LogP contribution in [0, 0.1) is 0 Å². The molecule has 1 aliphatic heterocycles. The Kier molecular flexibility index (Phi) is 6.36. The molecule has 0 unspecified atom stereocenters. The molecule has 1 N–H and O–H groups in total. The van der Waals surface area contributed by atoms with Gasteiger partial charge in [-0.2, -0.15) is 0 Å². The Morgan fingerprint density at radius 3 is 2.35 bits per heavy atom. The van der Waals surface area contributed by atoms with E-state index in [0.29, 0.717) is 11.5 Å². The zero-order valence-electron chi connectivity index (χ0n) is 18.0. The van der Waals surface area contributed by atoms with E-state index in [0.717, 1.165) is 48.0 Å². The number of methoxy groups -OCH3 is 2. The Hall–Kier alpha value is -3.13. The van der Waals surface area contributed by atoms with Crippen molar-refractivity contribution in [2.24, 2.45) is 0 Å². The van der Waals surface area contributed by atoms with Gasteiger partial charge < -0.3 is 24.6 Å². The molecule has 0 amide bonds. The lowest BCUT2D eigenvalue weighted by Crippen LogP contribution is -2.52. The number of piperazine rings is 1. The van der Waals surface area contributed by atoms with Crippen molar-refractivity contribution in [2.45, 2.75) is 13.0 Å². The zero-order valence-corrected chi connectivity index (χ0v) is 18.9. The molecule has 0 aliphatic carbocycles.